The van der Waals surface area contributed by atoms with Crippen molar-refractivity contribution in [1.82, 2.24) is 4.31 Å². The summed E-state index contributed by atoms with van der Waals surface area (Å²) in [6.07, 6.45) is -0.0298. The number of halogens is 3. The molecule has 0 radical (unpaired) electrons. The van der Waals surface area contributed by atoms with Crippen LogP contribution in [0.3, 0.4) is 0 Å². The van der Waals surface area contributed by atoms with E-state index < -0.39 is 10.0 Å². The molecule has 0 unspecified atom stereocenters. The summed E-state index contributed by atoms with van der Waals surface area (Å²) in [6, 6.07) is 3.00. The second-order valence-corrected chi connectivity index (χ2v) is 7.65. The van der Waals surface area contributed by atoms with Crippen LogP contribution in [0.25, 0.3) is 0 Å². The summed E-state index contributed by atoms with van der Waals surface area (Å²) in [5.41, 5.74) is 0. The Bertz CT molecular complexity index is 551. The number of sulfonamides is 1. The van der Waals surface area contributed by atoms with Gasteiger partial charge >= 0.3 is 0 Å². The van der Waals surface area contributed by atoms with Crippen molar-refractivity contribution in [3.8, 4) is 0 Å². The summed E-state index contributed by atoms with van der Waals surface area (Å²) in [7, 11) is -2.23. The third-order valence-electron chi connectivity index (χ3n) is 2.49. The molecule has 100 valence electrons. The maximum absolute atomic E-state index is 12.3. The third kappa shape index (κ3) is 3.00. The number of hydrogen-bond acceptors (Lipinski definition) is 3. The highest BCUT2D eigenvalue weighted by molar-refractivity contribution is 9.10. The van der Waals surface area contributed by atoms with Gasteiger partial charge in [-0.2, -0.15) is 4.31 Å². The lowest BCUT2D eigenvalue weighted by molar-refractivity contribution is 0.359. The van der Waals surface area contributed by atoms with Gasteiger partial charge in [-0.25, -0.2) is 8.42 Å². The number of benzene rings is 1. The van der Waals surface area contributed by atoms with Gasteiger partial charge in [0.1, 0.15) is 4.90 Å². The number of ether oxygens (including phenoxy) is 1. The second-order valence-electron chi connectivity index (χ2n) is 3.94. The zero-order valence-corrected chi connectivity index (χ0v) is 13.3. The Hall–Kier alpha value is 0.150. The molecule has 0 amide bonds. The van der Waals surface area contributed by atoms with Crippen molar-refractivity contribution in [3.63, 3.8) is 0 Å². The van der Waals surface area contributed by atoms with Crippen LogP contribution in [0, 0.1) is 0 Å². The molecule has 1 aliphatic rings. The molecule has 1 aliphatic heterocycles. The van der Waals surface area contributed by atoms with E-state index in [4.69, 9.17) is 27.9 Å². The number of nitrogens with zero attached hydrogens (tertiary/aromatic N) is 1. The monoisotopic (exact) mass is 373 g/mol. The predicted octanol–water partition coefficient (Wildman–Crippen LogP) is 2.78. The molecular weight excluding hydrogens is 365 g/mol. The molecule has 4 nitrogen and oxygen atoms in total. The quantitative estimate of drug-likeness (QED) is 0.761. The van der Waals surface area contributed by atoms with Gasteiger partial charge in [0.25, 0.3) is 0 Å². The molecule has 1 aromatic carbocycles. The van der Waals surface area contributed by atoms with E-state index >= 15 is 0 Å². The summed E-state index contributed by atoms with van der Waals surface area (Å²) in [5.74, 6) is 0. The van der Waals surface area contributed by atoms with Gasteiger partial charge in [0.15, 0.2) is 0 Å². The van der Waals surface area contributed by atoms with Crippen molar-refractivity contribution in [2.45, 2.75) is 11.0 Å². The van der Waals surface area contributed by atoms with E-state index in [0.717, 1.165) is 0 Å². The summed E-state index contributed by atoms with van der Waals surface area (Å²) >= 11 is 15.1. The van der Waals surface area contributed by atoms with Crippen LogP contribution in [-0.4, -0.2) is 39.0 Å². The largest absolute Gasteiger partial charge is 0.372 e. The van der Waals surface area contributed by atoms with Gasteiger partial charge < -0.3 is 4.74 Å². The first-order valence-corrected chi connectivity index (χ1v) is 8.03. The van der Waals surface area contributed by atoms with Gasteiger partial charge in [-0.3, -0.25) is 0 Å². The molecule has 1 atom stereocenters. The van der Waals surface area contributed by atoms with Crippen molar-refractivity contribution in [3.05, 3.63) is 26.7 Å². The maximum atomic E-state index is 12.3. The highest BCUT2D eigenvalue weighted by atomic mass is 79.9. The van der Waals surface area contributed by atoms with Gasteiger partial charge in [0.05, 0.1) is 22.8 Å². The van der Waals surface area contributed by atoms with Crippen LogP contribution < -0.4 is 0 Å². The average molecular weight is 375 g/mol. The highest BCUT2D eigenvalue weighted by Crippen LogP contribution is 2.34. The lowest BCUT2D eigenvalue weighted by Crippen LogP contribution is -2.31. The Kier molecular flexibility index (Phi) is 4.26. The maximum Gasteiger partial charge on any atom is 0.245 e. The van der Waals surface area contributed by atoms with Crippen LogP contribution in [0.15, 0.2) is 21.5 Å². The second kappa shape index (κ2) is 5.26. The number of epoxide rings is 1. The van der Waals surface area contributed by atoms with E-state index in [-0.39, 0.29) is 21.0 Å². The summed E-state index contributed by atoms with van der Waals surface area (Å²) in [4.78, 5) is -0.0721. The lowest BCUT2D eigenvalue weighted by atomic mass is 10.4. The summed E-state index contributed by atoms with van der Waals surface area (Å²) in [5, 5.41) is 0.191. The van der Waals surface area contributed by atoms with Gasteiger partial charge in [-0.15, -0.1) is 0 Å². The van der Waals surface area contributed by atoms with Gasteiger partial charge in [0.2, 0.25) is 10.0 Å². The average Bonchev–Trinajstić information content (AvgIpc) is 2.98. The van der Waals surface area contributed by atoms with Crippen molar-refractivity contribution in [2.75, 3.05) is 20.2 Å². The summed E-state index contributed by atoms with van der Waals surface area (Å²) in [6.45, 7) is 0.882. The standard InChI is InChI=1S/C10H10BrCl2NO3S/c1-14(4-7-5-17-7)18(15,16)10-8(12)2-6(11)3-9(10)13/h2-3,7H,4-5H2,1H3/t7-/m0/s1. The molecule has 0 aliphatic carbocycles. The van der Waals surface area contributed by atoms with E-state index in [1.54, 1.807) is 0 Å². The van der Waals surface area contributed by atoms with Crippen molar-refractivity contribution in [2.24, 2.45) is 0 Å². The molecule has 0 N–H and O–H groups in total. The molecule has 0 bridgehead atoms. The molecule has 1 heterocycles. The van der Waals surface area contributed by atoms with Crippen LogP contribution in [0.2, 0.25) is 10.0 Å². The highest BCUT2D eigenvalue weighted by Gasteiger charge is 2.32. The van der Waals surface area contributed by atoms with Crippen LogP contribution in [0.4, 0.5) is 0 Å². The fraction of sp³-hybridized carbons (Fsp3) is 0.400. The Labute approximate surface area is 124 Å². The van der Waals surface area contributed by atoms with Gasteiger partial charge in [0, 0.05) is 18.1 Å². The van der Waals surface area contributed by atoms with Crippen molar-refractivity contribution >= 4 is 49.2 Å². The Morgan fingerprint density at radius 1 is 1.44 bits per heavy atom. The van der Waals surface area contributed by atoms with Crippen LogP contribution in [0.5, 0.6) is 0 Å². The molecule has 1 fully saturated rings. The Morgan fingerprint density at radius 2 is 1.94 bits per heavy atom. The minimum absolute atomic E-state index is 0.0298. The molecule has 18 heavy (non-hydrogen) atoms. The predicted molar refractivity (Wildman–Crippen MR) is 73.7 cm³/mol. The summed E-state index contributed by atoms with van der Waals surface area (Å²) < 4.78 is 31.5. The number of rotatable bonds is 4. The number of hydrogen-bond donors (Lipinski definition) is 0. The van der Waals surface area contributed by atoms with E-state index in [1.165, 1.54) is 23.5 Å². The minimum Gasteiger partial charge on any atom is -0.372 e. The fourth-order valence-electron chi connectivity index (χ4n) is 1.49. The zero-order valence-electron chi connectivity index (χ0n) is 9.36. The third-order valence-corrected chi connectivity index (χ3v) is 5.70. The molecule has 0 saturated carbocycles. The molecule has 8 heteroatoms. The normalized spacial score (nSPS) is 19.3. The van der Waals surface area contributed by atoms with Crippen LogP contribution in [-0.2, 0) is 14.8 Å². The van der Waals surface area contributed by atoms with Crippen molar-refractivity contribution < 1.29 is 13.2 Å². The lowest BCUT2D eigenvalue weighted by Gasteiger charge is -2.18. The van der Waals surface area contributed by atoms with E-state index in [9.17, 15) is 8.42 Å². The molecule has 1 saturated heterocycles. The molecule has 1 aromatic rings. The molecule has 0 spiro atoms. The van der Waals surface area contributed by atoms with E-state index in [0.29, 0.717) is 17.6 Å². The molecular formula is C10H10BrCl2NO3S. The van der Waals surface area contributed by atoms with E-state index in [1.807, 2.05) is 0 Å². The number of likely N-dealkylation sites (N-methyl/N-ethyl adjacent to an activating group) is 1. The van der Waals surface area contributed by atoms with Crippen LogP contribution in [0.1, 0.15) is 0 Å². The first-order valence-electron chi connectivity index (χ1n) is 5.05. The minimum atomic E-state index is -3.70. The first-order chi connectivity index (χ1) is 8.32. The Balaban J connectivity index is 2.39. The SMILES string of the molecule is CN(C[C@H]1CO1)S(=O)(=O)c1c(Cl)cc(Br)cc1Cl. The van der Waals surface area contributed by atoms with E-state index in [2.05, 4.69) is 15.9 Å². The first kappa shape index (κ1) is 14.6. The molecule has 0 aromatic heterocycles. The van der Waals surface area contributed by atoms with Crippen LogP contribution >= 0.6 is 39.1 Å². The van der Waals surface area contributed by atoms with Gasteiger partial charge in [-0.1, -0.05) is 39.1 Å². The topological polar surface area (TPSA) is 49.9 Å². The zero-order chi connectivity index (χ0) is 13.5. The Morgan fingerprint density at radius 3 is 2.39 bits per heavy atom. The smallest absolute Gasteiger partial charge is 0.245 e. The van der Waals surface area contributed by atoms with Crippen molar-refractivity contribution in [1.29, 1.82) is 0 Å². The van der Waals surface area contributed by atoms with Gasteiger partial charge in [-0.05, 0) is 12.1 Å². The molecule has 2 rings (SSSR count). The fourth-order valence-corrected chi connectivity index (χ4v) is 4.57.